The predicted octanol–water partition coefficient (Wildman–Crippen LogP) is 7.71. The van der Waals surface area contributed by atoms with Crippen LogP contribution in [-0.4, -0.2) is 35.2 Å². The Bertz CT molecular complexity index is 1850. The molecule has 39 heavy (non-hydrogen) atoms. The Morgan fingerprint density at radius 3 is 1.69 bits per heavy atom. The minimum Gasteiger partial charge on any atom is -0.507 e. The molecule has 0 saturated carbocycles. The average Bonchev–Trinajstić information content (AvgIpc) is 2.97. The molecule has 1 unspecified atom stereocenters. The molecule has 0 aliphatic rings. The highest BCUT2D eigenvalue weighted by atomic mass is 16.3. The van der Waals surface area contributed by atoms with Crippen LogP contribution in [0.25, 0.3) is 32.3 Å². The minimum atomic E-state index is -0.178. The van der Waals surface area contributed by atoms with Crippen LogP contribution in [0.15, 0.2) is 125 Å². The van der Waals surface area contributed by atoms with Gasteiger partial charge in [-0.05, 0) is 56.4 Å². The zero-order valence-corrected chi connectivity index (χ0v) is 21.4. The molecule has 1 atom stereocenters. The Balaban J connectivity index is 1.36. The molecule has 6 aromatic carbocycles. The van der Waals surface area contributed by atoms with Gasteiger partial charge >= 0.3 is 0 Å². The number of phenolic OH excluding ortho intramolecular Hbond substituents is 2. The molecule has 190 valence electrons. The zero-order valence-electron chi connectivity index (χ0n) is 21.4. The van der Waals surface area contributed by atoms with Gasteiger partial charge in [0.25, 0.3) is 0 Å². The zero-order chi connectivity index (χ0) is 26.6. The smallest absolute Gasteiger partial charge is 0.124 e. The Hall–Kier alpha value is -4.96. The van der Waals surface area contributed by atoms with Crippen molar-refractivity contribution in [2.24, 2.45) is 9.98 Å². The van der Waals surface area contributed by atoms with E-state index in [2.05, 4.69) is 36.4 Å². The van der Waals surface area contributed by atoms with Crippen LogP contribution in [0.4, 0.5) is 0 Å². The number of hydrogen-bond acceptors (Lipinski definition) is 4. The first-order valence-electron chi connectivity index (χ1n) is 13.1. The van der Waals surface area contributed by atoms with E-state index in [4.69, 9.17) is 9.98 Å². The summed E-state index contributed by atoms with van der Waals surface area (Å²) in [6, 6.07) is 37.7. The summed E-state index contributed by atoms with van der Waals surface area (Å²) in [6.07, 6.45) is 4.21. The molecule has 2 N–H and O–H groups in total. The largest absolute Gasteiger partial charge is 0.507 e. The van der Waals surface area contributed by atoms with Crippen molar-refractivity contribution in [3.05, 3.63) is 132 Å². The van der Waals surface area contributed by atoms with Gasteiger partial charge in [-0.15, -0.1) is 0 Å². The van der Waals surface area contributed by atoms with Gasteiger partial charge in [-0.3, -0.25) is 9.98 Å². The molecule has 0 fully saturated rings. The van der Waals surface area contributed by atoms with E-state index in [9.17, 15) is 10.2 Å². The monoisotopic (exact) mass is 508 g/mol. The van der Waals surface area contributed by atoms with E-state index in [0.29, 0.717) is 24.1 Å². The SMILES string of the molecule is Oc1ccc2ccccc2c1C=NCC(Cc1cccc2ccccc12)N=Cc1c(O)ccc2ccccc12. The molecule has 0 amide bonds. The molecule has 0 radical (unpaired) electrons. The molecule has 0 heterocycles. The van der Waals surface area contributed by atoms with Gasteiger partial charge in [0, 0.05) is 23.6 Å². The predicted molar refractivity (Wildman–Crippen MR) is 163 cm³/mol. The van der Waals surface area contributed by atoms with Crippen LogP contribution < -0.4 is 0 Å². The van der Waals surface area contributed by atoms with E-state index in [1.165, 1.54) is 16.3 Å². The summed E-state index contributed by atoms with van der Waals surface area (Å²) in [6.45, 7) is 0.425. The van der Waals surface area contributed by atoms with Crippen molar-refractivity contribution in [3.63, 3.8) is 0 Å². The van der Waals surface area contributed by atoms with Gasteiger partial charge in [0.15, 0.2) is 0 Å². The maximum atomic E-state index is 10.7. The summed E-state index contributed by atoms with van der Waals surface area (Å²) in [5, 5.41) is 27.6. The van der Waals surface area contributed by atoms with Crippen LogP contribution in [0.1, 0.15) is 16.7 Å². The Kier molecular flexibility index (Phi) is 6.75. The fourth-order valence-corrected chi connectivity index (χ4v) is 5.17. The average molecular weight is 509 g/mol. The standard InChI is InChI=1S/C35H28N2O2/c38-34-18-16-25-9-2-5-14-30(25)32(34)22-36-21-28(20-27-12-7-11-24-8-1-4-13-29(24)27)37-23-33-31-15-6-3-10-26(31)17-19-35(33)39/h1-19,22-23,28,38-39H,20-21H2. The third kappa shape index (κ3) is 5.10. The second kappa shape index (κ2) is 10.8. The third-order valence-electron chi connectivity index (χ3n) is 7.18. The molecule has 0 aliphatic heterocycles. The summed E-state index contributed by atoms with van der Waals surface area (Å²) < 4.78 is 0. The van der Waals surface area contributed by atoms with Crippen molar-refractivity contribution in [1.29, 1.82) is 0 Å². The Morgan fingerprint density at radius 2 is 1.05 bits per heavy atom. The number of phenols is 2. The first kappa shape index (κ1) is 24.4. The number of rotatable bonds is 7. The maximum Gasteiger partial charge on any atom is 0.124 e. The van der Waals surface area contributed by atoms with Crippen LogP contribution >= 0.6 is 0 Å². The molecular formula is C35H28N2O2. The van der Waals surface area contributed by atoms with Crippen molar-refractivity contribution in [2.45, 2.75) is 12.5 Å². The minimum absolute atomic E-state index is 0.178. The van der Waals surface area contributed by atoms with E-state index in [1.807, 2.05) is 66.7 Å². The fraction of sp³-hybridized carbons (Fsp3) is 0.0857. The molecule has 4 heteroatoms. The van der Waals surface area contributed by atoms with Gasteiger partial charge in [0.1, 0.15) is 11.5 Å². The van der Waals surface area contributed by atoms with E-state index in [-0.39, 0.29) is 17.5 Å². The van der Waals surface area contributed by atoms with E-state index in [1.54, 1.807) is 24.6 Å². The topological polar surface area (TPSA) is 65.2 Å². The first-order chi connectivity index (χ1) is 19.2. The second-order valence-electron chi connectivity index (χ2n) is 9.71. The molecule has 0 aliphatic carbocycles. The summed E-state index contributed by atoms with van der Waals surface area (Å²) in [5.41, 5.74) is 2.60. The molecule has 0 aromatic heterocycles. The Labute approximate surface area is 227 Å². The van der Waals surface area contributed by atoms with Crippen LogP contribution in [0.2, 0.25) is 0 Å². The molecule has 0 spiro atoms. The number of aliphatic imine (C=N–C) groups is 2. The van der Waals surface area contributed by atoms with Crippen molar-refractivity contribution in [1.82, 2.24) is 0 Å². The molecular weight excluding hydrogens is 480 g/mol. The van der Waals surface area contributed by atoms with Crippen molar-refractivity contribution in [2.75, 3.05) is 6.54 Å². The van der Waals surface area contributed by atoms with Crippen LogP contribution in [0.5, 0.6) is 11.5 Å². The van der Waals surface area contributed by atoms with Gasteiger partial charge in [0.05, 0.1) is 12.6 Å². The van der Waals surface area contributed by atoms with Crippen molar-refractivity contribution < 1.29 is 10.2 Å². The van der Waals surface area contributed by atoms with Gasteiger partial charge in [-0.25, -0.2) is 0 Å². The number of hydrogen-bond donors (Lipinski definition) is 2. The lowest BCUT2D eigenvalue weighted by atomic mass is 9.98. The van der Waals surface area contributed by atoms with E-state index < -0.39 is 0 Å². The molecule has 6 aromatic rings. The Morgan fingerprint density at radius 1 is 0.538 bits per heavy atom. The normalized spacial score (nSPS) is 12.7. The van der Waals surface area contributed by atoms with Gasteiger partial charge < -0.3 is 10.2 Å². The van der Waals surface area contributed by atoms with Crippen LogP contribution in [-0.2, 0) is 6.42 Å². The first-order valence-corrected chi connectivity index (χ1v) is 13.1. The van der Waals surface area contributed by atoms with E-state index >= 15 is 0 Å². The molecule has 0 saturated heterocycles. The summed E-state index contributed by atoms with van der Waals surface area (Å²) in [7, 11) is 0. The van der Waals surface area contributed by atoms with E-state index in [0.717, 1.165) is 21.5 Å². The maximum absolute atomic E-state index is 10.7. The lowest BCUT2D eigenvalue weighted by Gasteiger charge is -2.13. The second-order valence-corrected chi connectivity index (χ2v) is 9.71. The van der Waals surface area contributed by atoms with Crippen LogP contribution in [0, 0.1) is 0 Å². The summed E-state index contributed by atoms with van der Waals surface area (Å²) >= 11 is 0. The third-order valence-corrected chi connectivity index (χ3v) is 7.18. The number of aromatic hydroxyl groups is 2. The molecule has 4 nitrogen and oxygen atoms in total. The molecule has 0 bridgehead atoms. The quantitative estimate of drug-likeness (QED) is 0.217. The number of nitrogens with zero attached hydrogens (tertiary/aromatic N) is 2. The van der Waals surface area contributed by atoms with Crippen LogP contribution in [0.3, 0.4) is 0 Å². The van der Waals surface area contributed by atoms with Gasteiger partial charge in [0.2, 0.25) is 0 Å². The number of benzene rings is 6. The summed E-state index contributed by atoms with van der Waals surface area (Å²) in [5.74, 6) is 0.401. The van der Waals surface area contributed by atoms with Crippen molar-refractivity contribution in [3.8, 4) is 11.5 Å². The number of fused-ring (bicyclic) bond motifs is 3. The fourth-order valence-electron chi connectivity index (χ4n) is 5.17. The highest BCUT2D eigenvalue weighted by Gasteiger charge is 2.12. The van der Waals surface area contributed by atoms with Crippen molar-refractivity contribution >= 4 is 44.7 Å². The summed E-state index contributed by atoms with van der Waals surface area (Å²) in [4.78, 5) is 9.73. The van der Waals surface area contributed by atoms with Gasteiger partial charge in [-0.1, -0.05) is 103 Å². The highest BCUT2D eigenvalue weighted by molar-refractivity contribution is 6.03. The molecule has 6 rings (SSSR count). The highest BCUT2D eigenvalue weighted by Crippen LogP contribution is 2.27. The lowest BCUT2D eigenvalue weighted by Crippen LogP contribution is -2.14. The van der Waals surface area contributed by atoms with Gasteiger partial charge in [-0.2, -0.15) is 0 Å². The lowest BCUT2D eigenvalue weighted by molar-refractivity contribution is 0.474.